The standard InChI is InChI=1S/C22H27N7O/c1-28-14-20(26-27-28)19-10-16-11-21(24-13-17(16)12-23-19)25-22(30)15-4-6-18(7-5-15)29-8-2-3-9-29/h10-15,18H,2-9H2,1H3,(H,24,25,30)/t15-,18-. The van der Waals surface area contributed by atoms with E-state index in [2.05, 4.69) is 30.5 Å². The van der Waals surface area contributed by atoms with Gasteiger partial charge in [0.2, 0.25) is 5.91 Å². The number of hydrogen-bond acceptors (Lipinski definition) is 6. The molecule has 3 aromatic heterocycles. The summed E-state index contributed by atoms with van der Waals surface area (Å²) < 4.78 is 1.65. The number of hydrogen-bond donors (Lipinski definition) is 1. The Hall–Kier alpha value is -2.87. The first-order valence-electron chi connectivity index (χ1n) is 10.8. The number of amides is 1. The number of rotatable bonds is 4. The van der Waals surface area contributed by atoms with Gasteiger partial charge in [0.25, 0.3) is 0 Å². The van der Waals surface area contributed by atoms with Crippen molar-refractivity contribution >= 4 is 22.5 Å². The van der Waals surface area contributed by atoms with Crippen molar-refractivity contribution in [3.8, 4) is 11.4 Å². The molecule has 0 aromatic carbocycles. The van der Waals surface area contributed by atoms with Crippen molar-refractivity contribution in [1.29, 1.82) is 0 Å². The van der Waals surface area contributed by atoms with E-state index < -0.39 is 0 Å². The fourth-order valence-corrected chi connectivity index (χ4v) is 4.75. The molecule has 4 heterocycles. The number of pyridine rings is 2. The van der Waals surface area contributed by atoms with E-state index in [1.54, 1.807) is 17.1 Å². The van der Waals surface area contributed by atoms with E-state index in [1.807, 2.05) is 25.4 Å². The Morgan fingerprint density at radius 3 is 2.50 bits per heavy atom. The molecule has 156 valence electrons. The smallest absolute Gasteiger partial charge is 0.228 e. The van der Waals surface area contributed by atoms with Crippen LogP contribution in [0.5, 0.6) is 0 Å². The first-order chi connectivity index (χ1) is 14.7. The second kappa shape index (κ2) is 8.10. The maximum Gasteiger partial charge on any atom is 0.228 e. The summed E-state index contributed by atoms with van der Waals surface area (Å²) >= 11 is 0. The highest BCUT2D eigenvalue weighted by Crippen LogP contribution is 2.30. The van der Waals surface area contributed by atoms with Crippen LogP contribution in [0.4, 0.5) is 5.82 Å². The van der Waals surface area contributed by atoms with Crippen LogP contribution in [0.3, 0.4) is 0 Å². The topological polar surface area (TPSA) is 88.8 Å². The van der Waals surface area contributed by atoms with Crippen molar-refractivity contribution in [2.24, 2.45) is 13.0 Å². The van der Waals surface area contributed by atoms with Gasteiger partial charge in [-0.2, -0.15) is 0 Å². The molecule has 2 aliphatic rings. The number of likely N-dealkylation sites (tertiary alicyclic amines) is 1. The van der Waals surface area contributed by atoms with Gasteiger partial charge in [-0.1, -0.05) is 5.21 Å². The van der Waals surface area contributed by atoms with Crippen LogP contribution in [0.25, 0.3) is 22.2 Å². The van der Waals surface area contributed by atoms with Crippen LogP contribution >= 0.6 is 0 Å². The Morgan fingerprint density at radius 2 is 1.77 bits per heavy atom. The lowest BCUT2D eigenvalue weighted by Crippen LogP contribution is -2.38. The third kappa shape index (κ3) is 3.92. The van der Waals surface area contributed by atoms with E-state index in [-0.39, 0.29) is 11.8 Å². The minimum Gasteiger partial charge on any atom is -0.310 e. The quantitative estimate of drug-likeness (QED) is 0.718. The second-order valence-electron chi connectivity index (χ2n) is 8.50. The Kier molecular flexibility index (Phi) is 5.16. The van der Waals surface area contributed by atoms with Crippen LogP contribution < -0.4 is 5.32 Å². The van der Waals surface area contributed by atoms with E-state index in [4.69, 9.17) is 0 Å². The fourth-order valence-electron chi connectivity index (χ4n) is 4.75. The lowest BCUT2D eigenvalue weighted by Gasteiger charge is -2.33. The molecule has 0 spiro atoms. The second-order valence-corrected chi connectivity index (χ2v) is 8.50. The summed E-state index contributed by atoms with van der Waals surface area (Å²) in [6.07, 6.45) is 12.2. The van der Waals surface area contributed by atoms with Gasteiger partial charge in [-0.15, -0.1) is 5.10 Å². The van der Waals surface area contributed by atoms with Crippen LogP contribution in [-0.2, 0) is 11.8 Å². The predicted molar refractivity (Wildman–Crippen MR) is 115 cm³/mol. The number of nitrogens with zero attached hydrogens (tertiary/aromatic N) is 6. The Bertz CT molecular complexity index is 1050. The number of carbonyl (C=O) groups is 1. The third-order valence-corrected chi connectivity index (χ3v) is 6.44. The molecule has 1 aliphatic carbocycles. The molecule has 0 bridgehead atoms. The van der Waals surface area contributed by atoms with E-state index in [1.165, 1.54) is 25.9 Å². The van der Waals surface area contributed by atoms with Gasteiger partial charge in [0.05, 0.1) is 11.9 Å². The molecule has 0 atom stereocenters. The summed E-state index contributed by atoms with van der Waals surface area (Å²) in [6.45, 7) is 2.46. The van der Waals surface area contributed by atoms with Crippen LogP contribution in [0.1, 0.15) is 38.5 Å². The maximum atomic E-state index is 12.8. The van der Waals surface area contributed by atoms with Gasteiger partial charge in [0, 0.05) is 36.8 Å². The molecule has 3 aromatic rings. The maximum absolute atomic E-state index is 12.8. The minimum absolute atomic E-state index is 0.0777. The molecule has 2 fully saturated rings. The van der Waals surface area contributed by atoms with Gasteiger partial charge in [0.1, 0.15) is 11.5 Å². The Labute approximate surface area is 175 Å². The van der Waals surface area contributed by atoms with E-state index in [0.717, 1.165) is 47.8 Å². The van der Waals surface area contributed by atoms with Gasteiger partial charge < -0.3 is 10.2 Å². The van der Waals surface area contributed by atoms with Crippen LogP contribution in [0, 0.1) is 5.92 Å². The normalized spacial score (nSPS) is 22.4. The summed E-state index contributed by atoms with van der Waals surface area (Å²) in [5.74, 6) is 0.754. The molecule has 1 aliphatic heterocycles. The van der Waals surface area contributed by atoms with Gasteiger partial charge in [-0.3, -0.25) is 14.5 Å². The zero-order chi connectivity index (χ0) is 20.5. The molecule has 5 rings (SSSR count). The van der Waals surface area contributed by atoms with Crippen molar-refractivity contribution < 1.29 is 4.79 Å². The van der Waals surface area contributed by atoms with Gasteiger partial charge >= 0.3 is 0 Å². The summed E-state index contributed by atoms with van der Waals surface area (Å²) in [4.78, 5) is 24.3. The molecule has 1 saturated heterocycles. The zero-order valence-corrected chi connectivity index (χ0v) is 17.3. The van der Waals surface area contributed by atoms with Crippen molar-refractivity contribution in [3.63, 3.8) is 0 Å². The van der Waals surface area contributed by atoms with E-state index >= 15 is 0 Å². The summed E-state index contributed by atoms with van der Waals surface area (Å²) in [5, 5.41) is 13.0. The van der Waals surface area contributed by atoms with Crippen molar-refractivity contribution in [1.82, 2.24) is 29.9 Å². The molecule has 0 radical (unpaired) electrons. The number of aromatic nitrogens is 5. The number of anilines is 1. The minimum atomic E-state index is 0.0777. The SMILES string of the molecule is Cn1cc(-c2cc3cc(NC(=O)[C@H]4CC[C@H](N5CCCC5)CC4)ncc3cn2)nn1. The molecule has 8 nitrogen and oxygen atoms in total. The lowest BCUT2D eigenvalue weighted by molar-refractivity contribution is -0.121. The monoisotopic (exact) mass is 405 g/mol. The molecule has 0 unspecified atom stereocenters. The highest BCUT2D eigenvalue weighted by Gasteiger charge is 2.30. The van der Waals surface area contributed by atoms with Crippen molar-refractivity contribution in [3.05, 3.63) is 30.7 Å². The molecule has 30 heavy (non-hydrogen) atoms. The van der Waals surface area contributed by atoms with Crippen molar-refractivity contribution in [2.45, 2.75) is 44.6 Å². The molecule has 8 heteroatoms. The summed E-state index contributed by atoms with van der Waals surface area (Å²) in [6, 6.07) is 4.53. The number of nitrogens with one attached hydrogen (secondary N) is 1. The third-order valence-electron chi connectivity index (χ3n) is 6.44. The lowest BCUT2D eigenvalue weighted by atomic mass is 9.85. The van der Waals surface area contributed by atoms with Gasteiger partial charge in [0.15, 0.2) is 0 Å². The first kappa shape index (κ1) is 19.1. The molecular formula is C22H27N7O. The van der Waals surface area contributed by atoms with Crippen LogP contribution in [0.15, 0.2) is 30.7 Å². The average molecular weight is 406 g/mol. The van der Waals surface area contributed by atoms with Gasteiger partial charge in [-0.05, 0) is 69.1 Å². The predicted octanol–water partition coefficient (Wildman–Crippen LogP) is 3.02. The summed E-state index contributed by atoms with van der Waals surface area (Å²) in [7, 11) is 1.83. The van der Waals surface area contributed by atoms with E-state index in [9.17, 15) is 4.79 Å². The van der Waals surface area contributed by atoms with Gasteiger partial charge in [-0.25, -0.2) is 4.98 Å². The van der Waals surface area contributed by atoms with Crippen molar-refractivity contribution in [2.75, 3.05) is 18.4 Å². The molecule has 1 N–H and O–H groups in total. The summed E-state index contributed by atoms with van der Waals surface area (Å²) in [5.41, 5.74) is 1.47. The highest BCUT2D eigenvalue weighted by molar-refractivity contribution is 5.94. The molecule has 1 saturated carbocycles. The van der Waals surface area contributed by atoms with Crippen LogP contribution in [0.2, 0.25) is 0 Å². The first-order valence-corrected chi connectivity index (χ1v) is 10.8. The Balaban J connectivity index is 1.26. The van der Waals surface area contributed by atoms with Crippen LogP contribution in [-0.4, -0.2) is 54.9 Å². The number of aryl methyl sites for hydroxylation is 1. The molecule has 1 amide bonds. The fraction of sp³-hybridized carbons (Fsp3) is 0.500. The zero-order valence-electron chi connectivity index (χ0n) is 17.3. The number of fused-ring (bicyclic) bond motifs is 1. The van der Waals surface area contributed by atoms with E-state index in [0.29, 0.717) is 11.9 Å². The number of carbonyl (C=O) groups excluding carboxylic acids is 1. The highest BCUT2D eigenvalue weighted by atomic mass is 16.1. The Morgan fingerprint density at radius 1 is 1.00 bits per heavy atom. The average Bonchev–Trinajstić information content (AvgIpc) is 3.45. The largest absolute Gasteiger partial charge is 0.310 e. The molecular weight excluding hydrogens is 378 g/mol.